The fraction of sp³-hybridized carbons (Fsp3) is 0.429. The Morgan fingerprint density at radius 3 is 3.26 bits per heavy atom. The van der Waals surface area contributed by atoms with Crippen molar-refractivity contribution in [3.05, 3.63) is 30.0 Å². The number of carbonyl (C=O) groups excluding carboxylic acids is 1. The molecule has 1 aliphatic heterocycles. The minimum absolute atomic E-state index is 0.0678. The van der Waals surface area contributed by atoms with E-state index in [1.54, 1.807) is 13.3 Å². The van der Waals surface area contributed by atoms with Crippen molar-refractivity contribution in [2.45, 2.75) is 18.9 Å². The number of H-pyrrole nitrogens is 1. The van der Waals surface area contributed by atoms with Gasteiger partial charge < -0.3 is 9.64 Å². The van der Waals surface area contributed by atoms with Crippen LogP contribution in [-0.2, 0) is 4.74 Å². The molecular weight excluding hydrogens is 242 g/mol. The summed E-state index contributed by atoms with van der Waals surface area (Å²) < 4.78 is 5.36. The molecule has 0 aliphatic carbocycles. The zero-order chi connectivity index (χ0) is 13.2. The number of rotatable bonds is 2. The average molecular weight is 259 g/mol. The number of benzene rings is 1. The Hall–Kier alpha value is -1.88. The van der Waals surface area contributed by atoms with Gasteiger partial charge >= 0.3 is 0 Å². The van der Waals surface area contributed by atoms with Crippen LogP contribution in [0.25, 0.3) is 10.9 Å². The summed E-state index contributed by atoms with van der Waals surface area (Å²) in [7, 11) is 1.70. The maximum Gasteiger partial charge on any atom is 0.254 e. The Bertz CT molecular complexity index is 593. The van der Waals surface area contributed by atoms with E-state index in [2.05, 4.69) is 10.2 Å². The van der Waals surface area contributed by atoms with Crippen LogP contribution < -0.4 is 0 Å². The predicted molar refractivity (Wildman–Crippen MR) is 72.0 cm³/mol. The molecule has 0 radical (unpaired) electrons. The first-order valence-electron chi connectivity index (χ1n) is 6.53. The molecule has 1 fully saturated rings. The summed E-state index contributed by atoms with van der Waals surface area (Å²) in [6.45, 7) is 1.48. The first-order valence-corrected chi connectivity index (χ1v) is 6.53. The molecule has 19 heavy (non-hydrogen) atoms. The lowest BCUT2D eigenvalue weighted by Crippen LogP contribution is -2.42. The fourth-order valence-electron chi connectivity index (χ4n) is 2.57. The molecule has 1 amide bonds. The van der Waals surface area contributed by atoms with Gasteiger partial charge in [-0.05, 0) is 25.0 Å². The van der Waals surface area contributed by atoms with Gasteiger partial charge in [0.2, 0.25) is 0 Å². The van der Waals surface area contributed by atoms with E-state index in [0.29, 0.717) is 12.1 Å². The van der Waals surface area contributed by atoms with Gasteiger partial charge in [0.05, 0.1) is 17.8 Å². The number of ether oxygens (including phenoxy) is 1. The molecule has 1 saturated heterocycles. The van der Waals surface area contributed by atoms with Crippen molar-refractivity contribution < 1.29 is 9.53 Å². The van der Waals surface area contributed by atoms with Gasteiger partial charge in [0.1, 0.15) is 0 Å². The van der Waals surface area contributed by atoms with E-state index in [1.807, 2.05) is 23.1 Å². The Kier molecular flexibility index (Phi) is 3.21. The molecule has 100 valence electrons. The van der Waals surface area contributed by atoms with Crippen LogP contribution in [0.5, 0.6) is 0 Å². The zero-order valence-corrected chi connectivity index (χ0v) is 10.9. The Labute approximate surface area is 111 Å². The van der Waals surface area contributed by atoms with E-state index >= 15 is 0 Å². The Morgan fingerprint density at radius 1 is 1.53 bits per heavy atom. The first-order chi connectivity index (χ1) is 9.28. The smallest absolute Gasteiger partial charge is 0.254 e. The number of hydrogen-bond donors (Lipinski definition) is 1. The second-order valence-electron chi connectivity index (χ2n) is 4.92. The highest BCUT2D eigenvalue weighted by molar-refractivity contribution is 5.97. The second-order valence-corrected chi connectivity index (χ2v) is 4.92. The maximum absolute atomic E-state index is 12.5. The van der Waals surface area contributed by atoms with Crippen LogP contribution in [-0.4, -0.2) is 47.3 Å². The van der Waals surface area contributed by atoms with Gasteiger partial charge in [0.25, 0.3) is 5.91 Å². The number of nitrogens with zero attached hydrogens (tertiary/aromatic N) is 2. The number of carbonyl (C=O) groups is 1. The summed E-state index contributed by atoms with van der Waals surface area (Å²) >= 11 is 0. The highest BCUT2D eigenvalue weighted by Crippen LogP contribution is 2.18. The Morgan fingerprint density at radius 2 is 2.42 bits per heavy atom. The van der Waals surface area contributed by atoms with Crippen molar-refractivity contribution in [2.24, 2.45) is 0 Å². The van der Waals surface area contributed by atoms with Crippen molar-refractivity contribution in [1.82, 2.24) is 15.1 Å². The molecule has 3 rings (SSSR count). The van der Waals surface area contributed by atoms with Crippen molar-refractivity contribution in [3.8, 4) is 0 Å². The number of aromatic nitrogens is 2. The van der Waals surface area contributed by atoms with Gasteiger partial charge in [-0.25, -0.2) is 0 Å². The highest BCUT2D eigenvalue weighted by Gasteiger charge is 2.24. The topological polar surface area (TPSA) is 58.2 Å². The number of nitrogens with one attached hydrogen (secondary N) is 1. The fourth-order valence-corrected chi connectivity index (χ4v) is 2.57. The molecule has 1 atom stereocenters. The van der Waals surface area contributed by atoms with Crippen molar-refractivity contribution in [1.29, 1.82) is 0 Å². The first kappa shape index (κ1) is 12.2. The molecule has 1 aliphatic rings. The summed E-state index contributed by atoms with van der Waals surface area (Å²) in [5.74, 6) is 0.0678. The standard InChI is InChI=1S/C14H17N3O2/c1-19-12-3-2-6-17(9-12)14(18)10-4-5-11-8-15-16-13(11)7-10/h4-5,7-8,12H,2-3,6,9H2,1H3,(H,15,16). The van der Waals surface area contributed by atoms with Gasteiger partial charge in [-0.2, -0.15) is 5.10 Å². The number of fused-ring (bicyclic) bond motifs is 1. The molecule has 0 bridgehead atoms. The average Bonchev–Trinajstić information content (AvgIpc) is 2.94. The summed E-state index contributed by atoms with van der Waals surface area (Å²) in [6, 6.07) is 5.64. The maximum atomic E-state index is 12.5. The summed E-state index contributed by atoms with van der Waals surface area (Å²) in [5, 5.41) is 7.88. The normalized spacial score (nSPS) is 19.8. The molecule has 5 heteroatoms. The molecule has 1 aromatic carbocycles. The van der Waals surface area contributed by atoms with E-state index in [9.17, 15) is 4.79 Å². The van der Waals surface area contributed by atoms with E-state index in [0.717, 1.165) is 30.3 Å². The number of methoxy groups -OCH3 is 1. The molecule has 5 nitrogen and oxygen atoms in total. The van der Waals surface area contributed by atoms with Crippen LogP contribution >= 0.6 is 0 Å². The lowest BCUT2D eigenvalue weighted by molar-refractivity contribution is 0.0269. The van der Waals surface area contributed by atoms with Gasteiger partial charge in [-0.1, -0.05) is 6.07 Å². The highest BCUT2D eigenvalue weighted by atomic mass is 16.5. The predicted octanol–water partition coefficient (Wildman–Crippen LogP) is 1.81. The largest absolute Gasteiger partial charge is 0.380 e. The third kappa shape index (κ3) is 2.33. The van der Waals surface area contributed by atoms with Crippen molar-refractivity contribution in [3.63, 3.8) is 0 Å². The molecule has 2 aromatic rings. The van der Waals surface area contributed by atoms with Crippen LogP contribution in [0.1, 0.15) is 23.2 Å². The number of amides is 1. The van der Waals surface area contributed by atoms with Crippen LogP contribution in [0.4, 0.5) is 0 Å². The SMILES string of the molecule is COC1CCCN(C(=O)c2ccc3cn[nH]c3c2)C1. The quantitative estimate of drug-likeness (QED) is 0.895. The van der Waals surface area contributed by atoms with E-state index < -0.39 is 0 Å². The summed E-state index contributed by atoms with van der Waals surface area (Å²) in [4.78, 5) is 14.3. The Balaban J connectivity index is 1.82. The number of likely N-dealkylation sites (tertiary alicyclic amines) is 1. The van der Waals surface area contributed by atoms with Crippen molar-refractivity contribution >= 4 is 16.8 Å². The molecule has 1 aromatic heterocycles. The van der Waals surface area contributed by atoms with Gasteiger partial charge in [-0.15, -0.1) is 0 Å². The number of aromatic amines is 1. The zero-order valence-electron chi connectivity index (χ0n) is 10.9. The van der Waals surface area contributed by atoms with E-state index in [4.69, 9.17) is 4.74 Å². The van der Waals surface area contributed by atoms with E-state index in [1.165, 1.54) is 0 Å². The van der Waals surface area contributed by atoms with Crippen LogP contribution in [0, 0.1) is 0 Å². The molecule has 0 saturated carbocycles. The number of hydrogen-bond acceptors (Lipinski definition) is 3. The molecule has 0 spiro atoms. The molecule has 1 unspecified atom stereocenters. The van der Waals surface area contributed by atoms with E-state index in [-0.39, 0.29) is 12.0 Å². The monoisotopic (exact) mass is 259 g/mol. The van der Waals surface area contributed by atoms with Crippen molar-refractivity contribution in [2.75, 3.05) is 20.2 Å². The lowest BCUT2D eigenvalue weighted by atomic mass is 10.1. The summed E-state index contributed by atoms with van der Waals surface area (Å²) in [5.41, 5.74) is 1.60. The second kappa shape index (κ2) is 5.01. The van der Waals surface area contributed by atoms with Crippen LogP contribution in [0.3, 0.4) is 0 Å². The minimum Gasteiger partial charge on any atom is -0.380 e. The molecule has 1 N–H and O–H groups in total. The third-order valence-electron chi connectivity index (χ3n) is 3.69. The third-order valence-corrected chi connectivity index (χ3v) is 3.69. The lowest BCUT2D eigenvalue weighted by Gasteiger charge is -2.32. The molecular formula is C14H17N3O2. The van der Waals surface area contributed by atoms with Gasteiger partial charge in [-0.3, -0.25) is 9.89 Å². The number of piperidine rings is 1. The van der Waals surface area contributed by atoms with Crippen LogP contribution in [0.2, 0.25) is 0 Å². The minimum atomic E-state index is 0.0678. The van der Waals surface area contributed by atoms with Gasteiger partial charge in [0, 0.05) is 31.1 Å². The van der Waals surface area contributed by atoms with Crippen LogP contribution in [0.15, 0.2) is 24.4 Å². The molecule has 2 heterocycles. The summed E-state index contributed by atoms with van der Waals surface area (Å²) in [6.07, 6.45) is 3.94. The van der Waals surface area contributed by atoms with Gasteiger partial charge in [0.15, 0.2) is 0 Å².